The zero-order valence-corrected chi connectivity index (χ0v) is 13.1. The third kappa shape index (κ3) is 5.33. The lowest BCUT2D eigenvalue weighted by atomic mass is 10.2. The Morgan fingerprint density at radius 1 is 1.14 bits per heavy atom. The molecule has 3 nitrogen and oxygen atoms in total. The summed E-state index contributed by atoms with van der Waals surface area (Å²) in [5.41, 5.74) is 8.15. The Morgan fingerprint density at radius 2 is 1.86 bits per heavy atom. The van der Waals surface area contributed by atoms with Crippen LogP contribution in [-0.4, -0.2) is 11.7 Å². The molecule has 0 saturated heterocycles. The van der Waals surface area contributed by atoms with Crippen LogP contribution < -0.4 is 11.1 Å². The topological polar surface area (TPSA) is 55.1 Å². The second-order valence-electron chi connectivity index (χ2n) is 4.56. The quantitative estimate of drug-likeness (QED) is 0.620. The number of hydrogen-bond acceptors (Lipinski definition) is 3. The van der Waals surface area contributed by atoms with E-state index < -0.39 is 0 Å². The van der Waals surface area contributed by atoms with Crippen molar-refractivity contribution in [3.05, 3.63) is 59.1 Å². The smallest absolute Gasteiger partial charge is 0.225 e. The first-order valence-electron chi connectivity index (χ1n) is 6.61. The maximum atomic E-state index is 11.8. The average Bonchev–Trinajstić information content (AvgIpc) is 2.48. The van der Waals surface area contributed by atoms with E-state index in [-0.39, 0.29) is 5.91 Å². The van der Waals surface area contributed by atoms with Crippen molar-refractivity contribution in [3.8, 4) is 0 Å². The fraction of sp³-hybridized carbons (Fsp3) is 0.188. The number of amides is 1. The third-order valence-corrected chi connectivity index (χ3v) is 4.26. The first-order valence-corrected chi connectivity index (χ1v) is 8.15. The van der Waals surface area contributed by atoms with Crippen molar-refractivity contribution in [2.45, 2.75) is 12.2 Å². The van der Waals surface area contributed by atoms with Crippen molar-refractivity contribution >= 4 is 40.6 Å². The molecule has 0 unspecified atom stereocenters. The lowest BCUT2D eigenvalue weighted by molar-refractivity contribution is -0.115. The monoisotopic (exact) mass is 320 g/mol. The molecule has 0 saturated carbocycles. The second kappa shape index (κ2) is 7.96. The largest absolute Gasteiger partial charge is 0.399 e. The Hall–Kier alpha value is -1.65. The van der Waals surface area contributed by atoms with E-state index in [4.69, 9.17) is 17.3 Å². The van der Waals surface area contributed by atoms with E-state index in [1.165, 1.54) is 0 Å². The first kappa shape index (κ1) is 15.7. The predicted octanol–water partition coefficient (Wildman–Crippen LogP) is 4.18. The first-order chi connectivity index (χ1) is 10.1. The zero-order chi connectivity index (χ0) is 15.1. The number of thioether (sulfide) groups is 1. The van der Waals surface area contributed by atoms with Gasteiger partial charge in [-0.15, -0.1) is 0 Å². The minimum atomic E-state index is 0.00595. The summed E-state index contributed by atoms with van der Waals surface area (Å²) < 4.78 is 0. The van der Waals surface area contributed by atoms with Crippen molar-refractivity contribution in [2.24, 2.45) is 0 Å². The molecule has 21 heavy (non-hydrogen) atoms. The van der Waals surface area contributed by atoms with Gasteiger partial charge in [0.25, 0.3) is 0 Å². The summed E-state index contributed by atoms with van der Waals surface area (Å²) in [6.07, 6.45) is 0.472. The molecule has 2 rings (SSSR count). The highest BCUT2D eigenvalue weighted by molar-refractivity contribution is 7.98. The van der Waals surface area contributed by atoms with Crippen LogP contribution in [0, 0.1) is 0 Å². The average molecular weight is 321 g/mol. The van der Waals surface area contributed by atoms with Crippen molar-refractivity contribution < 1.29 is 4.79 Å². The van der Waals surface area contributed by atoms with Crippen LogP contribution >= 0.6 is 23.4 Å². The molecule has 0 aliphatic rings. The lowest BCUT2D eigenvalue weighted by Crippen LogP contribution is -2.12. The van der Waals surface area contributed by atoms with Crippen LogP contribution in [0.15, 0.2) is 48.5 Å². The molecule has 0 spiro atoms. The van der Waals surface area contributed by atoms with E-state index in [1.807, 2.05) is 24.3 Å². The molecule has 5 heteroatoms. The minimum absolute atomic E-state index is 0.00595. The van der Waals surface area contributed by atoms with E-state index in [1.54, 1.807) is 36.0 Å². The summed E-state index contributed by atoms with van der Waals surface area (Å²) in [5, 5.41) is 3.62. The van der Waals surface area contributed by atoms with Crippen LogP contribution in [0.25, 0.3) is 0 Å². The van der Waals surface area contributed by atoms with Gasteiger partial charge in [0.15, 0.2) is 0 Å². The fourth-order valence-corrected chi connectivity index (χ4v) is 2.98. The highest BCUT2D eigenvalue weighted by Crippen LogP contribution is 2.21. The van der Waals surface area contributed by atoms with Gasteiger partial charge >= 0.3 is 0 Å². The summed E-state index contributed by atoms with van der Waals surface area (Å²) in [4.78, 5) is 11.8. The number of rotatable bonds is 6. The van der Waals surface area contributed by atoms with Crippen LogP contribution in [0.4, 0.5) is 11.4 Å². The Kier molecular flexibility index (Phi) is 5.96. The maximum absolute atomic E-state index is 11.8. The molecule has 0 heterocycles. The Labute approximate surface area is 133 Å². The molecular formula is C16H17ClN2OS. The molecule has 2 aromatic rings. The van der Waals surface area contributed by atoms with Gasteiger partial charge in [-0.2, -0.15) is 11.8 Å². The van der Waals surface area contributed by atoms with Gasteiger partial charge in [0.05, 0.1) is 0 Å². The number of nitrogens with two attached hydrogens (primary N) is 1. The maximum Gasteiger partial charge on any atom is 0.225 e. The summed E-state index contributed by atoms with van der Waals surface area (Å²) in [6.45, 7) is 0. The molecule has 3 N–H and O–H groups in total. The number of anilines is 2. The zero-order valence-electron chi connectivity index (χ0n) is 11.5. The van der Waals surface area contributed by atoms with Gasteiger partial charge in [-0.3, -0.25) is 4.79 Å². The van der Waals surface area contributed by atoms with Crippen LogP contribution in [0.1, 0.15) is 12.0 Å². The van der Waals surface area contributed by atoms with Crippen LogP contribution in [0.3, 0.4) is 0 Å². The molecule has 1 amide bonds. The normalized spacial score (nSPS) is 10.3. The number of carbonyl (C=O) groups excluding carboxylic acids is 1. The Morgan fingerprint density at radius 3 is 2.57 bits per heavy atom. The van der Waals surface area contributed by atoms with Gasteiger partial charge in [-0.05, 0) is 35.9 Å². The van der Waals surface area contributed by atoms with E-state index >= 15 is 0 Å². The molecule has 0 aliphatic carbocycles. The highest BCUT2D eigenvalue weighted by atomic mass is 35.5. The van der Waals surface area contributed by atoms with Gasteiger partial charge < -0.3 is 11.1 Å². The second-order valence-corrected chi connectivity index (χ2v) is 6.08. The third-order valence-electron chi connectivity index (χ3n) is 2.88. The molecule has 0 bridgehead atoms. The predicted molar refractivity (Wildman–Crippen MR) is 91.7 cm³/mol. The van der Waals surface area contributed by atoms with Crippen molar-refractivity contribution in [2.75, 3.05) is 16.8 Å². The van der Waals surface area contributed by atoms with Gasteiger partial charge in [0.1, 0.15) is 0 Å². The van der Waals surface area contributed by atoms with Crippen molar-refractivity contribution in [1.29, 1.82) is 0 Å². The van der Waals surface area contributed by atoms with Gasteiger partial charge in [-0.25, -0.2) is 0 Å². The molecule has 2 aromatic carbocycles. The summed E-state index contributed by atoms with van der Waals surface area (Å²) in [5.74, 6) is 1.58. The van der Waals surface area contributed by atoms with Crippen molar-refractivity contribution in [3.63, 3.8) is 0 Å². The highest BCUT2D eigenvalue weighted by Gasteiger charge is 2.04. The number of halogens is 1. The van der Waals surface area contributed by atoms with Gasteiger partial charge in [0.2, 0.25) is 5.91 Å². The van der Waals surface area contributed by atoms with Crippen molar-refractivity contribution in [1.82, 2.24) is 0 Å². The number of carbonyl (C=O) groups is 1. The van der Waals surface area contributed by atoms with E-state index in [0.29, 0.717) is 12.1 Å². The molecular weight excluding hydrogens is 304 g/mol. The SMILES string of the molecule is Nc1ccc(NC(=O)CCSCc2ccccc2Cl)cc1. The molecule has 0 fully saturated rings. The van der Waals surface area contributed by atoms with Gasteiger partial charge in [-0.1, -0.05) is 29.8 Å². The van der Waals surface area contributed by atoms with Crippen LogP contribution in [0.2, 0.25) is 5.02 Å². The summed E-state index contributed by atoms with van der Waals surface area (Å²) in [6, 6.07) is 14.9. The molecule has 0 aliphatic heterocycles. The lowest BCUT2D eigenvalue weighted by Gasteiger charge is -2.06. The summed E-state index contributed by atoms with van der Waals surface area (Å²) in [7, 11) is 0. The molecule has 110 valence electrons. The minimum Gasteiger partial charge on any atom is -0.399 e. The fourth-order valence-electron chi connectivity index (χ4n) is 1.75. The number of benzene rings is 2. The number of nitrogens with one attached hydrogen (secondary N) is 1. The Balaban J connectivity index is 1.70. The number of hydrogen-bond donors (Lipinski definition) is 2. The van der Waals surface area contributed by atoms with Gasteiger partial charge in [0, 0.05) is 34.3 Å². The van der Waals surface area contributed by atoms with E-state index in [9.17, 15) is 4.79 Å². The van der Waals surface area contributed by atoms with Crippen LogP contribution in [0.5, 0.6) is 0 Å². The van der Waals surface area contributed by atoms with E-state index in [2.05, 4.69) is 5.32 Å². The standard InChI is InChI=1S/C16H17ClN2OS/c17-15-4-2-1-3-12(15)11-21-10-9-16(20)19-14-7-5-13(18)6-8-14/h1-8H,9-11,18H2,(H,19,20). The number of nitrogen functional groups attached to an aromatic ring is 1. The molecule has 0 atom stereocenters. The Bertz CT molecular complexity index is 601. The van der Waals surface area contributed by atoms with E-state index in [0.717, 1.165) is 27.8 Å². The molecule has 0 radical (unpaired) electrons. The molecule has 0 aromatic heterocycles. The summed E-state index contributed by atoms with van der Waals surface area (Å²) >= 11 is 7.78. The van der Waals surface area contributed by atoms with Crippen LogP contribution in [-0.2, 0) is 10.5 Å².